The molecule has 0 radical (unpaired) electrons. The maximum absolute atomic E-state index is 14.9. The van der Waals surface area contributed by atoms with Gasteiger partial charge >= 0.3 is 12.4 Å². The fourth-order valence-electron chi connectivity index (χ4n) is 4.59. The van der Waals surface area contributed by atoms with Crippen LogP contribution in [0.1, 0.15) is 30.5 Å². The third kappa shape index (κ3) is 7.50. The van der Waals surface area contributed by atoms with Crippen LogP contribution in [0, 0.1) is 0 Å². The summed E-state index contributed by atoms with van der Waals surface area (Å²) >= 11 is 0. The summed E-state index contributed by atoms with van der Waals surface area (Å²) in [7, 11) is -2.77. The average Bonchev–Trinajstić information content (AvgIpc) is 2.98. The summed E-state index contributed by atoms with van der Waals surface area (Å²) in [5, 5.41) is 2.05. The highest BCUT2D eigenvalue weighted by molar-refractivity contribution is 7.89. The molecule has 0 aliphatic carbocycles. The number of carbonyl (C=O) groups excluding carboxylic acids is 1. The van der Waals surface area contributed by atoms with E-state index in [9.17, 15) is 39.6 Å². The first-order chi connectivity index (χ1) is 20.6. The smallest absolute Gasteiger partial charge is 0.416 e. The molecule has 2 heterocycles. The topological polar surface area (TPSA) is 107 Å². The van der Waals surface area contributed by atoms with Gasteiger partial charge in [-0.1, -0.05) is 30.3 Å². The minimum Gasteiger partial charge on any atom is -0.495 e. The summed E-state index contributed by atoms with van der Waals surface area (Å²) in [6, 6.07) is 14.5. The zero-order valence-corrected chi connectivity index (χ0v) is 23.9. The fraction of sp³-hybridized carbons (Fsp3) is 0.310. The van der Waals surface area contributed by atoms with Crippen molar-refractivity contribution < 1.29 is 49.0 Å². The van der Waals surface area contributed by atoms with Gasteiger partial charge in [-0.15, -0.1) is 0 Å². The van der Waals surface area contributed by atoms with Crippen LogP contribution in [0.2, 0.25) is 0 Å². The second kappa shape index (κ2) is 12.9. The second-order valence-corrected chi connectivity index (χ2v) is 11.6. The Kier molecular flexibility index (Phi) is 9.59. The summed E-state index contributed by atoms with van der Waals surface area (Å²) in [6.45, 7) is -0.941. The molecule has 1 aliphatic heterocycles. The van der Waals surface area contributed by atoms with E-state index in [4.69, 9.17) is 9.47 Å². The highest BCUT2D eigenvalue weighted by atomic mass is 32.2. The van der Waals surface area contributed by atoms with Crippen LogP contribution in [0.4, 0.5) is 26.3 Å². The molecule has 0 saturated carbocycles. The number of benzene rings is 2. The minimum absolute atomic E-state index is 0.00666. The zero-order chi connectivity index (χ0) is 32.2. The second-order valence-electron chi connectivity index (χ2n) is 9.80. The predicted molar refractivity (Wildman–Crippen MR) is 147 cm³/mol. The maximum Gasteiger partial charge on any atom is 0.416 e. The van der Waals surface area contributed by atoms with Gasteiger partial charge in [0.05, 0.1) is 30.5 Å². The Balaban J connectivity index is 1.70. The quantitative estimate of drug-likeness (QED) is 0.211. The molecule has 15 heteroatoms. The highest BCUT2D eigenvalue weighted by Gasteiger charge is 2.59. The van der Waals surface area contributed by atoms with E-state index in [1.807, 2.05) is 5.32 Å². The van der Waals surface area contributed by atoms with Gasteiger partial charge in [0.25, 0.3) is 0 Å². The van der Waals surface area contributed by atoms with Gasteiger partial charge in [0.15, 0.2) is 5.54 Å². The standard InChI is InChI=1S/C29H27F6N3O5S/c1-42-21-12-13-25(36-17-21)23-16-27(29(33,34)35,19-8-10-20(11-9-19)43-15-5-14-28(30,31)32)38-26(39)24(23)18-37-44(40,41)22-6-3-2-4-7-22/h2-4,6-13,17,37H,5,14-16,18H2,1H3,(H,38,39)/t27-/m0/s1. The fourth-order valence-corrected chi connectivity index (χ4v) is 5.61. The number of rotatable bonds is 11. The van der Waals surface area contributed by atoms with Crippen molar-refractivity contribution in [1.29, 1.82) is 0 Å². The number of amides is 1. The van der Waals surface area contributed by atoms with E-state index in [2.05, 4.69) is 9.71 Å². The van der Waals surface area contributed by atoms with Crippen molar-refractivity contribution in [1.82, 2.24) is 15.0 Å². The number of carbonyl (C=O) groups is 1. The van der Waals surface area contributed by atoms with E-state index >= 15 is 0 Å². The number of nitrogens with zero attached hydrogens (tertiary/aromatic N) is 1. The molecule has 1 amide bonds. The van der Waals surface area contributed by atoms with E-state index in [1.54, 1.807) is 6.07 Å². The number of halogens is 6. The Morgan fingerprint density at radius 3 is 2.18 bits per heavy atom. The number of hydrogen-bond acceptors (Lipinski definition) is 6. The third-order valence-corrected chi connectivity index (χ3v) is 8.30. The minimum atomic E-state index is -5.05. The maximum atomic E-state index is 14.9. The molecule has 1 aliphatic rings. The van der Waals surface area contributed by atoms with E-state index in [0.717, 1.165) is 12.1 Å². The molecule has 0 fully saturated rings. The number of hydrogen-bond donors (Lipinski definition) is 2. The van der Waals surface area contributed by atoms with Gasteiger partial charge in [-0.3, -0.25) is 9.78 Å². The van der Waals surface area contributed by atoms with E-state index < -0.39 is 53.2 Å². The average molecular weight is 644 g/mol. The van der Waals surface area contributed by atoms with E-state index in [-0.39, 0.29) is 46.1 Å². The Morgan fingerprint density at radius 1 is 0.955 bits per heavy atom. The molecular formula is C29H27F6N3O5S. The van der Waals surface area contributed by atoms with Crippen molar-refractivity contribution in [2.24, 2.45) is 0 Å². The number of nitrogens with one attached hydrogen (secondary N) is 2. The molecule has 2 aromatic carbocycles. The lowest BCUT2D eigenvalue weighted by molar-refractivity contribution is -0.201. The van der Waals surface area contributed by atoms with Gasteiger partial charge < -0.3 is 14.8 Å². The van der Waals surface area contributed by atoms with Crippen LogP contribution >= 0.6 is 0 Å². The van der Waals surface area contributed by atoms with E-state index in [0.29, 0.717) is 5.75 Å². The first kappa shape index (κ1) is 32.8. The van der Waals surface area contributed by atoms with Crippen LogP contribution in [0.5, 0.6) is 11.5 Å². The molecule has 3 aromatic rings. The molecule has 0 saturated heterocycles. The van der Waals surface area contributed by atoms with Crippen LogP contribution in [-0.4, -0.2) is 51.9 Å². The van der Waals surface area contributed by atoms with Gasteiger partial charge in [-0.25, -0.2) is 13.1 Å². The largest absolute Gasteiger partial charge is 0.495 e. The summed E-state index contributed by atoms with van der Waals surface area (Å²) in [4.78, 5) is 17.5. The van der Waals surface area contributed by atoms with Gasteiger partial charge in [-0.2, -0.15) is 26.3 Å². The number of methoxy groups -OCH3 is 1. The number of alkyl halides is 6. The normalized spacial score (nSPS) is 17.8. The molecule has 0 unspecified atom stereocenters. The van der Waals surface area contributed by atoms with Crippen molar-refractivity contribution in [2.45, 2.75) is 42.0 Å². The lowest BCUT2D eigenvalue weighted by atomic mass is 9.77. The molecule has 4 rings (SSSR count). The van der Waals surface area contributed by atoms with Crippen molar-refractivity contribution in [2.75, 3.05) is 20.3 Å². The summed E-state index contributed by atoms with van der Waals surface area (Å²) in [5.74, 6) is -0.836. The molecular weight excluding hydrogens is 616 g/mol. The van der Waals surface area contributed by atoms with Crippen molar-refractivity contribution >= 4 is 21.5 Å². The molecule has 236 valence electrons. The number of aromatic nitrogens is 1. The highest BCUT2D eigenvalue weighted by Crippen LogP contribution is 2.48. The molecule has 1 aromatic heterocycles. The van der Waals surface area contributed by atoms with Gasteiger partial charge in [0.2, 0.25) is 15.9 Å². The first-order valence-corrected chi connectivity index (χ1v) is 14.6. The van der Waals surface area contributed by atoms with Crippen molar-refractivity contribution in [3.63, 3.8) is 0 Å². The Morgan fingerprint density at radius 2 is 1.61 bits per heavy atom. The SMILES string of the molecule is COc1ccc(C2=C(CNS(=O)(=O)c3ccccc3)C(=O)N[C@@](c3ccc(OCCCC(F)(F)F)cc3)(C(F)(F)F)C2)nc1. The molecule has 2 N–H and O–H groups in total. The van der Waals surface area contributed by atoms with Crippen LogP contribution < -0.4 is 19.5 Å². The molecule has 1 atom stereocenters. The van der Waals surface area contributed by atoms with Gasteiger partial charge in [0, 0.05) is 25.0 Å². The third-order valence-electron chi connectivity index (χ3n) is 6.89. The predicted octanol–water partition coefficient (Wildman–Crippen LogP) is 5.52. The first-order valence-electron chi connectivity index (χ1n) is 13.1. The monoisotopic (exact) mass is 643 g/mol. The Bertz CT molecular complexity index is 1590. The van der Waals surface area contributed by atoms with Gasteiger partial charge in [0.1, 0.15) is 11.5 Å². The molecule has 8 nitrogen and oxygen atoms in total. The number of pyridine rings is 1. The van der Waals surface area contributed by atoms with Gasteiger partial charge in [-0.05, 0) is 54.0 Å². The van der Waals surface area contributed by atoms with E-state index in [1.165, 1.54) is 61.8 Å². The number of ether oxygens (including phenoxy) is 2. The molecule has 0 bridgehead atoms. The van der Waals surface area contributed by atoms with Crippen molar-refractivity contribution in [3.8, 4) is 11.5 Å². The van der Waals surface area contributed by atoms with Crippen LogP contribution in [0.15, 0.2) is 83.4 Å². The number of sulfonamides is 1. The zero-order valence-electron chi connectivity index (χ0n) is 23.1. The van der Waals surface area contributed by atoms with Crippen molar-refractivity contribution in [3.05, 3.63) is 89.8 Å². The Hall–Kier alpha value is -4.11. The van der Waals surface area contributed by atoms with Crippen LogP contribution in [-0.2, 0) is 20.4 Å². The molecule has 0 spiro atoms. The summed E-state index contributed by atoms with van der Waals surface area (Å²) < 4.78 is 120. The van der Waals surface area contributed by atoms with Crippen LogP contribution in [0.3, 0.4) is 0 Å². The summed E-state index contributed by atoms with van der Waals surface area (Å²) in [6.07, 6.45) is -10.4. The Labute approximate surface area is 249 Å². The van der Waals surface area contributed by atoms with Crippen LogP contribution in [0.25, 0.3) is 5.57 Å². The molecule has 44 heavy (non-hydrogen) atoms. The lowest BCUT2D eigenvalue weighted by Gasteiger charge is -2.41. The lowest BCUT2D eigenvalue weighted by Crippen LogP contribution is -2.59. The summed E-state index contributed by atoms with van der Waals surface area (Å²) in [5.41, 5.74) is -3.77.